The van der Waals surface area contributed by atoms with E-state index in [9.17, 15) is 5.26 Å². The summed E-state index contributed by atoms with van der Waals surface area (Å²) in [5, 5.41) is 22.0. The summed E-state index contributed by atoms with van der Waals surface area (Å²) < 4.78 is 3.72. The molecule has 5 rings (SSSR count). The summed E-state index contributed by atoms with van der Waals surface area (Å²) in [6.45, 7) is 8.74. The van der Waals surface area contributed by atoms with E-state index in [-0.39, 0.29) is 0 Å². The van der Waals surface area contributed by atoms with Gasteiger partial charge in [0, 0.05) is 73.6 Å². The lowest BCUT2D eigenvalue weighted by molar-refractivity contribution is 0.585. The molecule has 5 heterocycles. The van der Waals surface area contributed by atoms with E-state index in [4.69, 9.17) is 4.98 Å². The number of pyridine rings is 2. The van der Waals surface area contributed by atoms with Gasteiger partial charge in [-0.2, -0.15) is 15.5 Å². The van der Waals surface area contributed by atoms with E-state index >= 15 is 0 Å². The molecule has 0 bridgehead atoms. The number of aryl methyl sites for hydroxylation is 2. The number of anilines is 1. The molecule has 0 aliphatic carbocycles. The third-order valence-electron chi connectivity index (χ3n) is 5.81. The van der Waals surface area contributed by atoms with Crippen molar-refractivity contribution in [1.82, 2.24) is 29.7 Å². The standard InChI is InChI=1S/C23H24N8/c1-3-30-15-21(16(2)28-30)18-10-20(23-19(11-24)13-27-31(23)14-18)17-4-5-22(26-12-17)29-8-6-25-7-9-29/h4-5,10,12-15,25H,3,6-9H2,1-2H3. The Bertz CT molecular complexity index is 1270. The van der Waals surface area contributed by atoms with Gasteiger partial charge in [0.2, 0.25) is 0 Å². The number of nitriles is 1. The predicted octanol–water partition coefficient (Wildman–Crippen LogP) is 2.87. The van der Waals surface area contributed by atoms with E-state index in [2.05, 4.69) is 57.8 Å². The van der Waals surface area contributed by atoms with Crippen molar-refractivity contribution in [2.75, 3.05) is 31.1 Å². The Hall–Kier alpha value is -3.70. The molecule has 156 valence electrons. The maximum absolute atomic E-state index is 9.63. The van der Waals surface area contributed by atoms with Crippen molar-refractivity contribution >= 4 is 11.3 Å². The number of rotatable bonds is 4. The van der Waals surface area contributed by atoms with Gasteiger partial charge in [0.15, 0.2) is 0 Å². The minimum Gasteiger partial charge on any atom is -0.354 e. The summed E-state index contributed by atoms with van der Waals surface area (Å²) >= 11 is 0. The molecule has 0 atom stereocenters. The topological polar surface area (TPSA) is 87.1 Å². The monoisotopic (exact) mass is 412 g/mol. The van der Waals surface area contributed by atoms with Crippen molar-refractivity contribution in [3.8, 4) is 28.3 Å². The Morgan fingerprint density at radius 3 is 2.61 bits per heavy atom. The maximum Gasteiger partial charge on any atom is 0.128 e. The Morgan fingerprint density at radius 2 is 1.94 bits per heavy atom. The number of hydrogen-bond acceptors (Lipinski definition) is 6. The van der Waals surface area contributed by atoms with Crippen LogP contribution < -0.4 is 10.2 Å². The largest absolute Gasteiger partial charge is 0.354 e. The van der Waals surface area contributed by atoms with Crippen LogP contribution in [0.4, 0.5) is 5.82 Å². The lowest BCUT2D eigenvalue weighted by Crippen LogP contribution is -2.43. The highest BCUT2D eigenvalue weighted by atomic mass is 15.3. The smallest absolute Gasteiger partial charge is 0.128 e. The van der Waals surface area contributed by atoms with E-state index in [1.54, 1.807) is 10.7 Å². The number of aromatic nitrogens is 5. The van der Waals surface area contributed by atoms with E-state index in [0.29, 0.717) is 5.56 Å². The van der Waals surface area contributed by atoms with Crippen molar-refractivity contribution in [1.29, 1.82) is 5.26 Å². The molecule has 31 heavy (non-hydrogen) atoms. The zero-order chi connectivity index (χ0) is 21.4. The molecule has 0 saturated carbocycles. The highest BCUT2D eigenvalue weighted by molar-refractivity contribution is 5.87. The number of piperazine rings is 1. The zero-order valence-corrected chi connectivity index (χ0v) is 17.7. The second-order valence-corrected chi connectivity index (χ2v) is 7.73. The first kappa shape index (κ1) is 19.3. The van der Waals surface area contributed by atoms with E-state index in [0.717, 1.165) is 72.0 Å². The predicted molar refractivity (Wildman–Crippen MR) is 120 cm³/mol. The minimum atomic E-state index is 0.550. The lowest BCUT2D eigenvalue weighted by atomic mass is 10.0. The lowest BCUT2D eigenvalue weighted by Gasteiger charge is -2.28. The normalized spacial score (nSPS) is 14.2. The Morgan fingerprint density at radius 1 is 1.10 bits per heavy atom. The molecule has 0 amide bonds. The van der Waals surface area contributed by atoms with Gasteiger partial charge in [-0.15, -0.1) is 0 Å². The molecule has 1 fully saturated rings. The molecule has 8 nitrogen and oxygen atoms in total. The van der Waals surface area contributed by atoms with Crippen LogP contribution in [0.3, 0.4) is 0 Å². The molecule has 1 aliphatic heterocycles. The highest BCUT2D eigenvalue weighted by Crippen LogP contribution is 2.33. The fourth-order valence-corrected chi connectivity index (χ4v) is 4.16. The van der Waals surface area contributed by atoms with Gasteiger partial charge in [-0.05, 0) is 32.0 Å². The second kappa shape index (κ2) is 7.85. The molecule has 0 spiro atoms. The van der Waals surface area contributed by atoms with Crippen LogP contribution in [-0.4, -0.2) is 50.6 Å². The van der Waals surface area contributed by atoms with Crippen molar-refractivity contribution in [3.63, 3.8) is 0 Å². The highest BCUT2D eigenvalue weighted by Gasteiger charge is 2.17. The fourth-order valence-electron chi connectivity index (χ4n) is 4.16. The molecule has 0 unspecified atom stereocenters. The van der Waals surface area contributed by atoms with Gasteiger partial charge in [0.1, 0.15) is 11.9 Å². The van der Waals surface area contributed by atoms with E-state index in [1.165, 1.54) is 0 Å². The fraction of sp³-hybridized carbons (Fsp3) is 0.304. The average molecular weight is 413 g/mol. The third kappa shape index (κ3) is 3.43. The molecule has 1 N–H and O–H groups in total. The molecular formula is C23H24N8. The summed E-state index contributed by atoms with van der Waals surface area (Å²) in [7, 11) is 0. The molecule has 1 aliphatic rings. The van der Waals surface area contributed by atoms with Gasteiger partial charge >= 0.3 is 0 Å². The summed E-state index contributed by atoms with van der Waals surface area (Å²) in [5.74, 6) is 0.978. The number of fused-ring (bicyclic) bond motifs is 1. The number of nitrogens with zero attached hydrogens (tertiary/aromatic N) is 7. The van der Waals surface area contributed by atoms with Crippen LogP contribution in [0.15, 0.2) is 43.0 Å². The zero-order valence-electron chi connectivity index (χ0n) is 17.7. The van der Waals surface area contributed by atoms with Crippen molar-refractivity contribution in [2.45, 2.75) is 20.4 Å². The van der Waals surface area contributed by atoms with Gasteiger partial charge in [0.25, 0.3) is 0 Å². The summed E-state index contributed by atoms with van der Waals surface area (Å²) in [6, 6.07) is 8.53. The van der Waals surface area contributed by atoms with Crippen molar-refractivity contribution in [3.05, 3.63) is 54.2 Å². The first-order valence-corrected chi connectivity index (χ1v) is 10.6. The van der Waals surface area contributed by atoms with E-state index in [1.807, 2.05) is 24.0 Å². The average Bonchev–Trinajstić information content (AvgIpc) is 3.42. The van der Waals surface area contributed by atoms with Crippen LogP contribution in [0.25, 0.3) is 27.8 Å². The van der Waals surface area contributed by atoms with Gasteiger partial charge in [-0.1, -0.05) is 0 Å². The molecule has 8 heteroatoms. The van der Waals surface area contributed by atoms with Gasteiger partial charge < -0.3 is 10.2 Å². The Kier molecular flexibility index (Phi) is 4.88. The summed E-state index contributed by atoms with van der Waals surface area (Å²) in [4.78, 5) is 7.02. The second-order valence-electron chi connectivity index (χ2n) is 7.73. The number of hydrogen-bond donors (Lipinski definition) is 1. The molecular weight excluding hydrogens is 388 g/mol. The maximum atomic E-state index is 9.63. The first-order chi connectivity index (χ1) is 15.2. The molecule has 4 aromatic rings. The van der Waals surface area contributed by atoms with Gasteiger partial charge in [-0.25, -0.2) is 9.50 Å². The molecule has 4 aromatic heterocycles. The van der Waals surface area contributed by atoms with Crippen LogP contribution in [0.1, 0.15) is 18.2 Å². The van der Waals surface area contributed by atoms with Gasteiger partial charge in [-0.3, -0.25) is 4.68 Å². The minimum absolute atomic E-state index is 0.550. The Labute approximate surface area is 180 Å². The van der Waals surface area contributed by atoms with Crippen molar-refractivity contribution in [2.24, 2.45) is 0 Å². The molecule has 0 radical (unpaired) electrons. The van der Waals surface area contributed by atoms with Crippen LogP contribution in [0, 0.1) is 18.3 Å². The molecule has 1 saturated heterocycles. The van der Waals surface area contributed by atoms with Crippen LogP contribution in [0.2, 0.25) is 0 Å². The van der Waals surface area contributed by atoms with Crippen LogP contribution in [-0.2, 0) is 6.54 Å². The SMILES string of the molecule is CCn1cc(-c2cc(-c3ccc(N4CCNCC4)nc3)c3c(C#N)cnn3c2)c(C)n1. The Balaban J connectivity index is 1.63. The van der Waals surface area contributed by atoms with Crippen molar-refractivity contribution < 1.29 is 0 Å². The quantitative estimate of drug-likeness (QED) is 0.555. The number of nitrogens with one attached hydrogen (secondary N) is 1. The van der Waals surface area contributed by atoms with Gasteiger partial charge in [0.05, 0.1) is 23.0 Å². The molecule has 0 aromatic carbocycles. The summed E-state index contributed by atoms with van der Waals surface area (Å²) in [6.07, 6.45) is 7.54. The van der Waals surface area contributed by atoms with Crippen LogP contribution >= 0.6 is 0 Å². The van der Waals surface area contributed by atoms with Crippen LogP contribution in [0.5, 0.6) is 0 Å². The summed E-state index contributed by atoms with van der Waals surface area (Å²) in [5.41, 5.74) is 6.28. The first-order valence-electron chi connectivity index (χ1n) is 10.6. The van der Waals surface area contributed by atoms with E-state index < -0.39 is 0 Å². The third-order valence-corrected chi connectivity index (χ3v) is 5.81.